The minimum Gasteiger partial charge on any atom is -0.344 e. The Balaban J connectivity index is 1.10. The van der Waals surface area contributed by atoms with E-state index >= 15 is 0 Å². The third-order valence-electron chi connectivity index (χ3n) is 6.57. The van der Waals surface area contributed by atoms with Gasteiger partial charge in [0, 0.05) is 50.2 Å². The van der Waals surface area contributed by atoms with Crippen molar-refractivity contribution in [1.82, 2.24) is 24.4 Å². The lowest BCUT2D eigenvalue weighted by molar-refractivity contribution is -0.131. The van der Waals surface area contributed by atoms with Gasteiger partial charge in [-0.15, -0.1) is 11.3 Å². The summed E-state index contributed by atoms with van der Waals surface area (Å²) >= 11 is 3.25. The van der Waals surface area contributed by atoms with E-state index in [-0.39, 0.29) is 11.5 Å². The maximum Gasteiger partial charge on any atom is 0.262 e. The molecule has 2 aliphatic rings. The van der Waals surface area contributed by atoms with Gasteiger partial charge in [-0.1, -0.05) is 11.3 Å². The number of nitrogens with zero attached hydrogens (tertiary/aromatic N) is 6. The zero-order valence-corrected chi connectivity index (χ0v) is 19.8. The van der Waals surface area contributed by atoms with E-state index in [0.717, 1.165) is 58.0 Å². The van der Waals surface area contributed by atoms with Gasteiger partial charge in [-0.05, 0) is 43.4 Å². The van der Waals surface area contributed by atoms with Crippen LogP contribution in [0.3, 0.4) is 0 Å². The van der Waals surface area contributed by atoms with Crippen molar-refractivity contribution in [2.45, 2.75) is 38.6 Å². The summed E-state index contributed by atoms with van der Waals surface area (Å²) in [7, 11) is 0. The molecule has 0 aromatic carbocycles. The van der Waals surface area contributed by atoms with Crippen LogP contribution in [0.1, 0.15) is 29.7 Å². The van der Waals surface area contributed by atoms with Gasteiger partial charge >= 0.3 is 0 Å². The van der Waals surface area contributed by atoms with E-state index in [2.05, 4.69) is 19.9 Å². The summed E-state index contributed by atoms with van der Waals surface area (Å²) in [4.78, 5) is 46.8. The van der Waals surface area contributed by atoms with Crippen LogP contribution in [0.15, 0.2) is 29.5 Å². The average molecular weight is 481 g/mol. The fourth-order valence-electron chi connectivity index (χ4n) is 4.76. The summed E-state index contributed by atoms with van der Waals surface area (Å²) in [5, 5.41) is 1.74. The Morgan fingerprint density at radius 2 is 1.88 bits per heavy atom. The van der Waals surface area contributed by atoms with Crippen molar-refractivity contribution in [3.63, 3.8) is 0 Å². The molecule has 1 fully saturated rings. The van der Waals surface area contributed by atoms with Gasteiger partial charge < -0.3 is 9.80 Å². The van der Waals surface area contributed by atoms with Crippen molar-refractivity contribution in [3.8, 4) is 0 Å². The predicted molar refractivity (Wildman–Crippen MR) is 131 cm³/mol. The second-order valence-electron chi connectivity index (χ2n) is 8.58. The fourth-order valence-corrected chi connectivity index (χ4v) is 6.94. The number of carbonyl (C=O) groups is 1. The Hall–Kier alpha value is -2.85. The molecule has 33 heavy (non-hydrogen) atoms. The van der Waals surface area contributed by atoms with Crippen LogP contribution in [-0.4, -0.2) is 56.5 Å². The monoisotopic (exact) mass is 480 g/mol. The van der Waals surface area contributed by atoms with Crippen LogP contribution in [0.2, 0.25) is 0 Å². The minimum absolute atomic E-state index is 0.00136. The van der Waals surface area contributed by atoms with Crippen LogP contribution in [0, 0.1) is 0 Å². The van der Waals surface area contributed by atoms with Gasteiger partial charge in [0.25, 0.3) is 5.56 Å². The molecule has 0 bridgehead atoms. The van der Waals surface area contributed by atoms with Crippen molar-refractivity contribution < 1.29 is 4.79 Å². The highest BCUT2D eigenvalue weighted by atomic mass is 32.1. The number of thiazole rings is 1. The van der Waals surface area contributed by atoms with E-state index in [1.165, 1.54) is 16.9 Å². The molecule has 1 aliphatic carbocycles. The van der Waals surface area contributed by atoms with Crippen molar-refractivity contribution in [3.05, 3.63) is 45.5 Å². The van der Waals surface area contributed by atoms with E-state index in [1.807, 2.05) is 17.0 Å². The number of pyridine rings is 1. The number of anilines is 1. The van der Waals surface area contributed by atoms with Gasteiger partial charge in [0.1, 0.15) is 15.2 Å². The van der Waals surface area contributed by atoms with E-state index in [1.54, 1.807) is 39.8 Å². The van der Waals surface area contributed by atoms with Crippen LogP contribution in [0.4, 0.5) is 5.13 Å². The highest BCUT2D eigenvalue weighted by Gasteiger charge is 2.24. The van der Waals surface area contributed by atoms with Crippen LogP contribution < -0.4 is 10.5 Å². The third kappa shape index (κ3) is 3.80. The molecule has 0 N–H and O–H groups in total. The van der Waals surface area contributed by atoms with Crippen LogP contribution in [-0.2, 0) is 24.2 Å². The van der Waals surface area contributed by atoms with Crippen molar-refractivity contribution in [2.75, 3.05) is 31.1 Å². The molecule has 0 unspecified atom stereocenters. The lowest BCUT2D eigenvalue weighted by Gasteiger charge is -2.34. The number of hydrogen-bond acceptors (Lipinski definition) is 8. The number of fused-ring (bicyclic) bond motifs is 4. The molecule has 8 nitrogen and oxygen atoms in total. The molecular weight excluding hydrogens is 456 g/mol. The SMILES string of the molecule is O=C(CCn1cnc2sc3c(c2c1=O)CCCC3)N1CCN(c2nc3cccnc3s2)CC1. The second kappa shape index (κ2) is 8.49. The van der Waals surface area contributed by atoms with E-state index in [9.17, 15) is 9.59 Å². The lowest BCUT2D eigenvalue weighted by Crippen LogP contribution is -2.49. The first-order chi connectivity index (χ1) is 16.2. The Labute approximate surface area is 198 Å². The molecule has 5 heterocycles. The molecule has 1 aliphatic heterocycles. The molecule has 0 saturated carbocycles. The molecule has 170 valence electrons. The average Bonchev–Trinajstić information content (AvgIpc) is 3.45. The van der Waals surface area contributed by atoms with Crippen molar-refractivity contribution in [1.29, 1.82) is 0 Å². The van der Waals surface area contributed by atoms with Gasteiger partial charge in [-0.2, -0.15) is 0 Å². The van der Waals surface area contributed by atoms with Gasteiger partial charge in [0.05, 0.1) is 11.7 Å². The van der Waals surface area contributed by atoms with E-state index in [4.69, 9.17) is 0 Å². The van der Waals surface area contributed by atoms with Gasteiger partial charge in [0.15, 0.2) is 5.13 Å². The van der Waals surface area contributed by atoms with Crippen LogP contribution >= 0.6 is 22.7 Å². The van der Waals surface area contributed by atoms with Gasteiger partial charge in [0.2, 0.25) is 5.91 Å². The molecule has 1 saturated heterocycles. The Morgan fingerprint density at radius 3 is 2.73 bits per heavy atom. The summed E-state index contributed by atoms with van der Waals surface area (Å²) in [6, 6.07) is 3.87. The Bertz CT molecular complexity index is 1370. The summed E-state index contributed by atoms with van der Waals surface area (Å²) in [5.41, 5.74) is 2.11. The normalized spacial score (nSPS) is 16.5. The van der Waals surface area contributed by atoms with Gasteiger partial charge in [-0.3, -0.25) is 14.2 Å². The predicted octanol–water partition coefficient (Wildman–Crippen LogP) is 3.08. The second-order valence-corrected chi connectivity index (χ2v) is 10.6. The van der Waals surface area contributed by atoms with Crippen LogP contribution in [0.5, 0.6) is 0 Å². The number of hydrogen-bond donors (Lipinski definition) is 0. The molecule has 4 aromatic rings. The Morgan fingerprint density at radius 1 is 1.03 bits per heavy atom. The van der Waals surface area contributed by atoms with Crippen LogP contribution in [0.25, 0.3) is 20.6 Å². The smallest absolute Gasteiger partial charge is 0.262 e. The fraction of sp³-hybridized carbons (Fsp3) is 0.435. The maximum absolute atomic E-state index is 13.1. The summed E-state index contributed by atoms with van der Waals surface area (Å²) in [5.74, 6) is 0.0833. The molecule has 1 amide bonds. The molecule has 0 radical (unpaired) electrons. The number of rotatable bonds is 4. The first kappa shape index (κ1) is 20.7. The van der Waals surface area contributed by atoms with E-state index in [0.29, 0.717) is 26.1 Å². The number of aryl methyl sites for hydroxylation is 3. The lowest BCUT2D eigenvalue weighted by atomic mass is 9.97. The molecule has 0 spiro atoms. The highest BCUT2D eigenvalue weighted by molar-refractivity contribution is 7.21. The molecular formula is C23H24N6O2S2. The molecule has 0 atom stereocenters. The Kier molecular flexibility index (Phi) is 5.34. The number of thiophene rings is 1. The summed E-state index contributed by atoms with van der Waals surface area (Å²) in [6.07, 6.45) is 8.03. The number of piperazine rings is 1. The highest BCUT2D eigenvalue weighted by Crippen LogP contribution is 2.33. The third-order valence-corrected chi connectivity index (χ3v) is 8.81. The molecule has 4 aromatic heterocycles. The van der Waals surface area contributed by atoms with Crippen molar-refractivity contribution in [2.24, 2.45) is 0 Å². The summed E-state index contributed by atoms with van der Waals surface area (Å²) in [6.45, 7) is 3.19. The van der Waals surface area contributed by atoms with E-state index < -0.39 is 0 Å². The zero-order valence-electron chi connectivity index (χ0n) is 18.2. The molecule has 6 rings (SSSR count). The molecule has 10 heteroatoms. The first-order valence-electron chi connectivity index (χ1n) is 11.4. The minimum atomic E-state index is 0.00136. The number of amides is 1. The quantitative estimate of drug-likeness (QED) is 0.446. The largest absolute Gasteiger partial charge is 0.344 e. The standard InChI is InChI=1S/C23H24N6O2S2/c30-18(27-10-12-28(13-11-27)23-26-16-5-3-8-24-20(16)33-23)7-9-29-14-25-21-19(22(29)31)15-4-1-2-6-17(15)32-21/h3,5,8,14H,1-2,4,6-7,9-13H2. The zero-order chi connectivity index (χ0) is 22.4. The van der Waals surface area contributed by atoms with Gasteiger partial charge in [-0.25, -0.2) is 15.0 Å². The summed E-state index contributed by atoms with van der Waals surface area (Å²) < 4.78 is 1.62. The number of carbonyl (C=O) groups excluding carboxylic acids is 1. The maximum atomic E-state index is 13.1. The van der Waals surface area contributed by atoms with Crippen molar-refractivity contribution >= 4 is 54.3 Å². The topological polar surface area (TPSA) is 84.2 Å². The first-order valence-corrected chi connectivity index (χ1v) is 13.0. The number of aromatic nitrogens is 4.